The molecule has 3 N–H and O–H groups in total. The van der Waals surface area contributed by atoms with Crippen LogP contribution in [0.1, 0.15) is 10.4 Å². The maximum absolute atomic E-state index is 11.5. The third-order valence-electron chi connectivity index (χ3n) is 3.45. The van der Waals surface area contributed by atoms with Crippen molar-refractivity contribution in [3.63, 3.8) is 0 Å². The van der Waals surface area contributed by atoms with Gasteiger partial charge in [0.25, 0.3) is 0 Å². The molecule has 0 radical (unpaired) electrons. The summed E-state index contributed by atoms with van der Waals surface area (Å²) >= 11 is 1.28. The number of hydrogen-bond acceptors (Lipinski definition) is 4. The molecule has 0 fully saturated rings. The highest BCUT2D eigenvalue weighted by atomic mass is 32.2. The van der Waals surface area contributed by atoms with Crippen LogP contribution in [0.15, 0.2) is 65.6 Å². The third-order valence-corrected chi connectivity index (χ3v) is 4.27. The van der Waals surface area contributed by atoms with Gasteiger partial charge in [0, 0.05) is 10.6 Å². The van der Waals surface area contributed by atoms with Crippen LogP contribution in [0.3, 0.4) is 0 Å². The van der Waals surface area contributed by atoms with Gasteiger partial charge in [-0.05, 0) is 53.1 Å². The average Bonchev–Trinajstić information content (AvgIpc) is 2.59. The van der Waals surface area contributed by atoms with Crippen LogP contribution in [-0.4, -0.2) is 17.5 Å². The lowest BCUT2D eigenvalue weighted by Gasteiger charge is -2.11. The lowest BCUT2D eigenvalue weighted by molar-refractivity contribution is -0.105. The van der Waals surface area contributed by atoms with Gasteiger partial charge in [-0.3, -0.25) is 4.79 Å². The van der Waals surface area contributed by atoms with Crippen molar-refractivity contribution in [2.45, 2.75) is 4.90 Å². The number of rotatable bonds is 6. The topological polar surface area (TPSA) is 78.4 Å². The Morgan fingerprint density at radius 3 is 2.46 bits per heavy atom. The zero-order valence-electron chi connectivity index (χ0n) is 12.5. The van der Waals surface area contributed by atoms with Crippen LogP contribution in [0.4, 0.5) is 11.4 Å². The summed E-state index contributed by atoms with van der Waals surface area (Å²) in [7, 11) is 0. The minimum atomic E-state index is -0.986. The molecule has 0 aliphatic carbocycles. The van der Waals surface area contributed by atoms with Crippen molar-refractivity contribution in [3.05, 3.63) is 66.2 Å². The molecule has 0 atom stereocenters. The predicted octanol–water partition coefficient (Wildman–Crippen LogP) is 4.23. The van der Waals surface area contributed by atoms with E-state index in [-0.39, 0.29) is 5.56 Å². The zero-order chi connectivity index (χ0) is 16.9. The van der Waals surface area contributed by atoms with Gasteiger partial charge in [-0.1, -0.05) is 30.3 Å². The van der Waals surface area contributed by atoms with E-state index in [2.05, 4.69) is 10.0 Å². The largest absolute Gasteiger partial charge is 0.478 e. The summed E-state index contributed by atoms with van der Waals surface area (Å²) in [5, 5.41) is 13.9. The van der Waals surface area contributed by atoms with E-state index in [1.807, 2.05) is 42.5 Å². The highest BCUT2D eigenvalue weighted by Crippen LogP contribution is 2.29. The van der Waals surface area contributed by atoms with Crippen LogP contribution in [0.2, 0.25) is 0 Å². The number of anilines is 2. The molecule has 3 aromatic carbocycles. The number of nitrogens with one attached hydrogen (secondary N) is 2. The van der Waals surface area contributed by atoms with Gasteiger partial charge in [0.15, 0.2) is 0 Å². The summed E-state index contributed by atoms with van der Waals surface area (Å²) < 4.78 is 3.09. The predicted molar refractivity (Wildman–Crippen MR) is 96.5 cm³/mol. The normalized spacial score (nSPS) is 10.3. The molecule has 24 heavy (non-hydrogen) atoms. The molecule has 5 nitrogen and oxygen atoms in total. The Kier molecular flexibility index (Phi) is 4.67. The third kappa shape index (κ3) is 3.49. The fourth-order valence-electron chi connectivity index (χ4n) is 2.33. The van der Waals surface area contributed by atoms with Crippen molar-refractivity contribution >= 4 is 46.5 Å². The molecule has 0 saturated heterocycles. The fraction of sp³-hybridized carbons (Fsp3) is 0. The van der Waals surface area contributed by atoms with Crippen LogP contribution in [-0.2, 0) is 4.79 Å². The summed E-state index contributed by atoms with van der Waals surface area (Å²) in [5.41, 5.74) is 1.41. The van der Waals surface area contributed by atoms with E-state index in [1.165, 1.54) is 11.9 Å². The molecule has 0 bridgehead atoms. The minimum Gasteiger partial charge on any atom is -0.478 e. The molecular formula is C18H14N2O3S. The van der Waals surface area contributed by atoms with Crippen molar-refractivity contribution in [1.82, 2.24) is 0 Å². The number of amides is 1. The molecule has 6 heteroatoms. The Morgan fingerprint density at radius 1 is 1.00 bits per heavy atom. The maximum atomic E-state index is 11.5. The number of aromatic carboxylic acids is 1. The Morgan fingerprint density at radius 2 is 1.75 bits per heavy atom. The van der Waals surface area contributed by atoms with Gasteiger partial charge in [0.1, 0.15) is 0 Å². The van der Waals surface area contributed by atoms with E-state index < -0.39 is 5.97 Å². The zero-order valence-corrected chi connectivity index (χ0v) is 13.3. The number of carboxylic acids is 1. The molecule has 0 aliphatic rings. The van der Waals surface area contributed by atoms with Crippen molar-refractivity contribution in [1.29, 1.82) is 0 Å². The van der Waals surface area contributed by atoms with Crippen molar-refractivity contribution in [3.8, 4) is 0 Å². The maximum Gasteiger partial charge on any atom is 0.337 e. The van der Waals surface area contributed by atoms with E-state index in [0.29, 0.717) is 17.8 Å². The summed E-state index contributed by atoms with van der Waals surface area (Å²) in [5.74, 6) is -0.986. The molecule has 0 spiro atoms. The van der Waals surface area contributed by atoms with Crippen molar-refractivity contribution in [2.75, 3.05) is 10.0 Å². The van der Waals surface area contributed by atoms with Crippen LogP contribution in [0.25, 0.3) is 10.8 Å². The first-order valence-corrected chi connectivity index (χ1v) is 7.98. The first-order chi connectivity index (χ1) is 11.7. The van der Waals surface area contributed by atoms with Crippen molar-refractivity contribution in [2.24, 2.45) is 0 Å². The number of carbonyl (C=O) groups excluding carboxylic acids is 1. The minimum absolute atomic E-state index is 0.211. The van der Waals surface area contributed by atoms with E-state index in [1.54, 1.807) is 18.2 Å². The molecule has 1 amide bonds. The standard InChI is InChI=1S/C18H14N2O3S/c21-11-19-14-6-3-7-15(10-14)24-20-17-9-13-5-2-1-4-12(13)8-16(17)18(22)23/h1-11,20H,(H,19,21)(H,22,23). The van der Waals surface area contributed by atoms with Gasteiger partial charge in [-0.25, -0.2) is 4.79 Å². The number of carboxylic acid groups (broad SMARTS) is 1. The molecule has 120 valence electrons. The lowest BCUT2D eigenvalue weighted by atomic mass is 10.1. The van der Waals surface area contributed by atoms with Crippen LogP contribution >= 0.6 is 11.9 Å². The Balaban J connectivity index is 1.88. The monoisotopic (exact) mass is 338 g/mol. The smallest absolute Gasteiger partial charge is 0.337 e. The molecule has 0 heterocycles. The summed E-state index contributed by atoms with van der Waals surface area (Å²) in [6, 6.07) is 18.3. The number of benzene rings is 3. The van der Waals surface area contributed by atoms with Crippen molar-refractivity contribution < 1.29 is 14.7 Å². The van der Waals surface area contributed by atoms with Crippen LogP contribution in [0, 0.1) is 0 Å². The average molecular weight is 338 g/mol. The van der Waals surface area contributed by atoms with Crippen LogP contribution in [0.5, 0.6) is 0 Å². The van der Waals surface area contributed by atoms with Gasteiger partial charge in [-0.15, -0.1) is 0 Å². The summed E-state index contributed by atoms with van der Waals surface area (Å²) in [6.45, 7) is 0. The first kappa shape index (κ1) is 15.9. The molecule has 3 aromatic rings. The van der Waals surface area contributed by atoms with E-state index in [4.69, 9.17) is 0 Å². The SMILES string of the molecule is O=CNc1cccc(SNc2cc3ccccc3cc2C(=O)O)c1. The first-order valence-electron chi connectivity index (χ1n) is 7.16. The van der Waals surface area contributed by atoms with Gasteiger partial charge >= 0.3 is 5.97 Å². The van der Waals surface area contributed by atoms with Gasteiger partial charge in [-0.2, -0.15) is 0 Å². The van der Waals surface area contributed by atoms with Gasteiger partial charge < -0.3 is 15.1 Å². The van der Waals surface area contributed by atoms with E-state index in [0.717, 1.165) is 15.7 Å². The second kappa shape index (κ2) is 7.06. The number of carbonyl (C=O) groups is 2. The molecule has 0 unspecified atom stereocenters. The second-order valence-electron chi connectivity index (χ2n) is 5.04. The Bertz CT molecular complexity index is 912. The summed E-state index contributed by atoms with van der Waals surface area (Å²) in [4.78, 5) is 22.9. The van der Waals surface area contributed by atoms with Gasteiger partial charge in [0.05, 0.1) is 11.3 Å². The highest BCUT2D eigenvalue weighted by molar-refractivity contribution is 8.00. The molecule has 0 aromatic heterocycles. The quantitative estimate of drug-likeness (QED) is 0.463. The Labute approximate surface area is 142 Å². The lowest BCUT2D eigenvalue weighted by Crippen LogP contribution is -2.02. The molecule has 0 aliphatic heterocycles. The molecule has 0 saturated carbocycles. The highest BCUT2D eigenvalue weighted by Gasteiger charge is 2.12. The summed E-state index contributed by atoms with van der Waals surface area (Å²) in [6.07, 6.45) is 0.614. The fourth-order valence-corrected chi connectivity index (χ4v) is 3.06. The second-order valence-corrected chi connectivity index (χ2v) is 5.92. The van der Waals surface area contributed by atoms with Crippen LogP contribution < -0.4 is 10.0 Å². The van der Waals surface area contributed by atoms with E-state index in [9.17, 15) is 14.7 Å². The number of fused-ring (bicyclic) bond motifs is 1. The molecular weight excluding hydrogens is 324 g/mol. The van der Waals surface area contributed by atoms with E-state index >= 15 is 0 Å². The molecule has 3 rings (SSSR count). The number of hydrogen-bond donors (Lipinski definition) is 3. The van der Waals surface area contributed by atoms with Gasteiger partial charge in [0.2, 0.25) is 6.41 Å². The Hall–Kier alpha value is -2.99.